The zero-order valence-corrected chi connectivity index (χ0v) is 15.1. The Kier molecular flexibility index (Phi) is 4.19. The fraction of sp³-hybridized carbons (Fsp3) is 0.158. The van der Waals surface area contributed by atoms with Crippen LogP contribution in [0.5, 0.6) is 0 Å². The van der Waals surface area contributed by atoms with Crippen LogP contribution in [0.25, 0.3) is 21.2 Å². The minimum atomic E-state index is -0.217. The van der Waals surface area contributed by atoms with Crippen molar-refractivity contribution in [1.29, 1.82) is 0 Å². The quantitative estimate of drug-likeness (QED) is 0.551. The Hall–Kier alpha value is -2.37. The number of thiazole rings is 1. The lowest BCUT2D eigenvalue weighted by molar-refractivity contribution is 0.0928. The summed E-state index contributed by atoms with van der Waals surface area (Å²) in [7, 11) is 0. The van der Waals surface area contributed by atoms with Gasteiger partial charge in [-0.15, -0.1) is 11.3 Å². The van der Waals surface area contributed by atoms with Gasteiger partial charge in [0.2, 0.25) is 0 Å². The molecule has 0 atom stereocenters. The van der Waals surface area contributed by atoms with E-state index < -0.39 is 0 Å². The standard InChI is InChI=1S/C19H15ClN2O2S/c1-11-13-10-12(20)6-7-15(13)24-18(11)19(23)21-9-8-17-22-14-4-2-3-5-16(14)25-17/h2-7,10H,8-9H2,1H3,(H,21,23). The van der Waals surface area contributed by atoms with Gasteiger partial charge in [0.05, 0.1) is 15.2 Å². The van der Waals surface area contributed by atoms with Gasteiger partial charge in [-0.05, 0) is 37.3 Å². The molecular weight excluding hydrogens is 356 g/mol. The molecule has 4 rings (SSSR count). The van der Waals surface area contributed by atoms with Crippen molar-refractivity contribution in [3.8, 4) is 0 Å². The zero-order chi connectivity index (χ0) is 17.4. The van der Waals surface area contributed by atoms with E-state index in [1.54, 1.807) is 23.5 Å². The van der Waals surface area contributed by atoms with E-state index in [1.165, 1.54) is 0 Å². The number of carbonyl (C=O) groups excluding carboxylic acids is 1. The maximum Gasteiger partial charge on any atom is 0.287 e. The van der Waals surface area contributed by atoms with E-state index in [0.29, 0.717) is 29.3 Å². The Bertz CT molecular complexity index is 1050. The number of fused-ring (bicyclic) bond motifs is 2. The van der Waals surface area contributed by atoms with Crippen molar-refractivity contribution in [3.63, 3.8) is 0 Å². The van der Waals surface area contributed by atoms with Crippen molar-refractivity contribution in [3.05, 3.63) is 63.8 Å². The summed E-state index contributed by atoms with van der Waals surface area (Å²) in [6.07, 6.45) is 0.691. The largest absolute Gasteiger partial charge is 0.451 e. The Morgan fingerprint density at radius 2 is 2.12 bits per heavy atom. The number of rotatable bonds is 4. The number of carbonyl (C=O) groups is 1. The molecule has 0 aliphatic heterocycles. The highest BCUT2D eigenvalue weighted by atomic mass is 35.5. The molecule has 2 aromatic heterocycles. The van der Waals surface area contributed by atoms with Gasteiger partial charge in [-0.1, -0.05) is 23.7 Å². The molecule has 0 spiro atoms. The van der Waals surface area contributed by atoms with E-state index in [2.05, 4.69) is 16.4 Å². The third-order valence-electron chi connectivity index (χ3n) is 4.07. The number of hydrogen-bond donors (Lipinski definition) is 1. The lowest BCUT2D eigenvalue weighted by Gasteiger charge is -2.02. The summed E-state index contributed by atoms with van der Waals surface area (Å²) < 4.78 is 6.84. The second kappa shape index (κ2) is 6.50. The summed E-state index contributed by atoms with van der Waals surface area (Å²) in [6, 6.07) is 13.4. The number of nitrogens with one attached hydrogen (secondary N) is 1. The predicted octanol–water partition coefficient (Wildman–Crippen LogP) is 4.98. The number of para-hydroxylation sites is 1. The normalized spacial score (nSPS) is 11.3. The van der Waals surface area contributed by atoms with Crippen LogP contribution in [0.4, 0.5) is 0 Å². The van der Waals surface area contributed by atoms with Gasteiger partial charge in [0.1, 0.15) is 5.58 Å². The van der Waals surface area contributed by atoms with Crippen LogP contribution in [0, 0.1) is 6.92 Å². The summed E-state index contributed by atoms with van der Waals surface area (Å²) in [6.45, 7) is 2.38. The molecule has 4 nitrogen and oxygen atoms in total. The first-order valence-electron chi connectivity index (χ1n) is 7.93. The SMILES string of the molecule is Cc1c(C(=O)NCCc2nc3ccccc3s2)oc2ccc(Cl)cc12. The third kappa shape index (κ3) is 3.13. The second-order valence-corrected chi connectivity index (χ2v) is 7.33. The molecule has 2 heterocycles. The maximum absolute atomic E-state index is 12.4. The molecule has 1 N–H and O–H groups in total. The molecule has 0 saturated carbocycles. The summed E-state index contributed by atoms with van der Waals surface area (Å²) in [5, 5.41) is 5.41. The van der Waals surface area contributed by atoms with Crippen LogP contribution in [-0.2, 0) is 6.42 Å². The molecular formula is C19H15ClN2O2S. The zero-order valence-electron chi connectivity index (χ0n) is 13.5. The molecule has 0 unspecified atom stereocenters. The first kappa shape index (κ1) is 16.1. The average Bonchev–Trinajstić information content (AvgIpc) is 3.16. The summed E-state index contributed by atoms with van der Waals surface area (Å²) in [4.78, 5) is 17.0. The molecule has 0 radical (unpaired) electrons. The number of nitrogens with zero attached hydrogens (tertiary/aromatic N) is 1. The minimum absolute atomic E-state index is 0.217. The van der Waals surface area contributed by atoms with Gasteiger partial charge in [0.15, 0.2) is 5.76 Å². The van der Waals surface area contributed by atoms with Crippen molar-refractivity contribution in [2.75, 3.05) is 6.54 Å². The number of halogens is 1. The smallest absolute Gasteiger partial charge is 0.287 e. The lowest BCUT2D eigenvalue weighted by atomic mass is 10.1. The second-order valence-electron chi connectivity index (χ2n) is 5.78. The van der Waals surface area contributed by atoms with Crippen molar-refractivity contribution in [1.82, 2.24) is 10.3 Å². The maximum atomic E-state index is 12.4. The van der Waals surface area contributed by atoms with Crippen molar-refractivity contribution in [2.24, 2.45) is 0 Å². The highest BCUT2D eigenvalue weighted by Gasteiger charge is 2.17. The van der Waals surface area contributed by atoms with Crippen LogP contribution in [0.3, 0.4) is 0 Å². The highest BCUT2D eigenvalue weighted by Crippen LogP contribution is 2.28. The molecule has 4 aromatic rings. The van der Waals surface area contributed by atoms with Crippen LogP contribution < -0.4 is 5.32 Å². The van der Waals surface area contributed by atoms with Gasteiger partial charge in [-0.3, -0.25) is 4.79 Å². The van der Waals surface area contributed by atoms with E-state index in [4.69, 9.17) is 16.0 Å². The lowest BCUT2D eigenvalue weighted by Crippen LogP contribution is -2.25. The average molecular weight is 371 g/mol. The Morgan fingerprint density at radius 1 is 1.28 bits per heavy atom. The van der Waals surface area contributed by atoms with E-state index in [-0.39, 0.29) is 5.91 Å². The Morgan fingerprint density at radius 3 is 2.96 bits per heavy atom. The number of amides is 1. The molecule has 126 valence electrons. The monoisotopic (exact) mass is 370 g/mol. The van der Waals surface area contributed by atoms with Crippen molar-refractivity contribution < 1.29 is 9.21 Å². The first-order valence-corrected chi connectivity index (χ1v) is 9.12. The third-order valence-corrected chi connectivity index (χ3v) is 5.40. The number of aryl methyl sites for hydroxylation is 1. The number of aromatic nitrogens is 1. The molecule has 25 heavy (non-hydrogen) atoms. The fourth-order valence-corrected chi connectivity index (χ4v) is 3.94. The molecule has 0 fully saturated rings. The summed E-state index contributed by atoms with van der Waals surface area (Å²) in [5.41, 5.74) is 2.46. The topological polar surface area (TPSA) is 55.1 Å². The van der Waals surface area contributed by atoms with E-state index in [0.717, 1.165) is 26.2 Å². The first-order chi connectivity index (χ1) is 12.1. The van der Waals surface area contributed by atoms with E-state index in [9.17, 15) is 4.79 Å². The molecule has 0 bridgehead atoms. The van der Waals surface area contributed by atoms with Crippen LogP contribution in [-0.4, -0.2) is 17.4 Å². The van der Waals surface area contributed by atoms with Crippen LogP contribution >= 0.6 is 22.9 Å². The molecule has 0 aliphatic carbocycles. The highest BCUT2D eigenvalue weighted by molar-refractivity contribution is 7.18. The van der Waals surface area contributed by atoms with Gasteiger partial charge in [0.25, 0.3) is 5.91 Å². The minimum Gasteiger partial charge on any atom is -0.451 e. The van der Waals surface area contributed by atoms with E-state index >= 15 is 0 Å². The number of hydrogen-bond acceptors (Lipinski definition) is 4. The van der Waals surface area contributed by atoms with E-state index in [1.807, 2.05) is 31.2 Å². The molecule has 2 aromatic carbocycles. The number of benzene rings is 2. The van der Waals surface area contributed by atoms with Gasteiger partial charge < -0.3 is 9.73 Å². The summed E-state index contributed by atoms with van der Waals surface area (Å²) >= 11 is 7.67. The van der Waals surface area contributed by atoms with Gasteiger partial charge in [-0.2, -0.15) is 0 Å². The predicted molar refractivity (Wildman–Crippen MR) is 102 cm³/mol. The summed E-state index contributed by atoms with van der Waals surface area (Å²) in [5.74, 6) is 0.118. The van der Waals surface area contributed by atoms with Crippen LogP contribution in [0.1, 0.15) is 21.1 Å². The molecule has 6 heteroatoms. The van der Waals surface area contributed by atoms with Gasteiger partial charge in [0, 0.05) is 28.9 Å². The van der Waals surface area contributed by atoms with Crippen LogP contribution in [0.2, 0.25) is 5.02 Å². The van der Waals surface area contributed by atoms with Crippen molar-refractivity contribution >= 4 is 50.0 Å². The molecule has 0 saturated heterocycles. The molecule has 1 amide bonds. The fourth-order valence-electron chi connectivity index (χ4n) is 2.80. The number of furan rings is 1. The van der Waals surface area contributed by atoms with Crippen molar-refractivity contribution in [2.45, 2.75) is 13.3 Å². The van der Waals surface area contributed by atoms with Crippen LogP contribution in [0.15, 0.2) is 46.9 Å². The molecule has 0 aliphatic rings. The Balaban J connectivity index is 1.46. The van der Waals surface area contributed by atoms with Gasteiger partial charge in [-0.25, -0.2) is 4.98 Å². The van der Waals surface area contributed by atoms with Gasteiger partial charge >= 0.3 is 0 Å². The Labute approximate surface area is 153 Å².